The predicted molar refractivity (Wildman–Crippen MR) is 59.6 cm³/mol. The summed E-state index contributed by atoms with van der Waals surface area (Å²) in [5, 5.41) is 13.3. The molecule has 0 radical (unpaired) electrons. The Bertz CT molecular complexity index is 211. The zero-order valence-corrected chi connectivity index (χ0v) is 9.75. The van der Waals surface area contributed by atoms with Crippen molar-refractivity contribution in [2.75, 3.05) is 26.2 Å². The van der Waals surface area contributed by atoms with E-state index in [1.54, 1.807) is 0 Å². The summed E-state index contributed by atoms with van der Waals surface area (Å²) in [7, 11) is 0. The number of carbonyl (C=O) groups excluding carboxylic acids is 1. The van der Waals surface area contributed by atoms with Crippen LogP contribution in [0.2, 0.25) is 0 Å². The van der Waals surface area contributed by atoms with Crippen molar-refractivity contribution in [3.63, 3.8) is 0 Å². The van der Waals surface area contributed by atoms with E-state index in [2.05, 4.69) is 5.32 Å². The van der Waals surface area contributed by atoms with Gasteiger partial charge in [0.2, 0.25) is 5.91 Å². The van der Waals surface area contributed by atoms with Gasteiger partial charge >= 0.3 is 0 Å². The fraction of sp³-hybridized carbons (Fsp3) is 0.909. The first-order valence-electron chi connectivity index (χ1n) is 5.82. The van der Waals surface area contributed by atoms with Gasteiger partial charge in [0.05, 0.1) is 5.60 Å². The number of nitrogens with zero attached hydrogens (tertiary/aromatic N) is 1. The number of likely N-dealkylation sites (N-methyl/N-ethyl adjacent to an activating group) is 1. The number of nitrogens with one attached hydrogen (secondary N) is 1. The molecule has 4 nitrogen and oxygen atoms in total. The fourth-order valence-electron chi connectivity index (χ4n) is 1.93. The van der Waals surface area contributed by atoms with Gasteiger partial charge in [0.25, 0.3) is 0 Å². The normalized spacial score (nSPS) is 20.3. The molecule has 4 heteroatoms. The van der Waals surface area contributed by atoms with Crippen molar-refractivity contribution >= 4 is 5.91 Å². The minimum atomic E-state index is -0.611. The molecule has 2 N–H and O–H groups in total. The van der Waals surface area contributed by atoms with Gasteiger partial charge in [-0.2, -0.15) is 0 Å². The Labute approximate surface area is 91.6 Å². The van der Waals surface area contributed by atoms with Crippen molar-refractivity contribution in [1.29, 1.82) is 0 Å². The van der Waals surface area contributed by atoms with E-state index < -0.39 is 5.60 Å². The van der Waals surface area contributed by atoms with Crippen molar-refractivity contribution in [2.45, 2.75) is 38.7 Å². The average Bonchev–Trinajstić information content (AvgIpc) is 2.26. The third-order valence-electron chi connectivity index (χ3n) is 3.05. The van der Waals surface area contributed by atoms with Crippen LogP contribution in [0.3, 0.4) is 0 Å². The maximum absolute atomic E-state index is 11.4. The van der Waals surface area contributed by atoms with Crippen LogP contribution in [0.1, 0.15) is 33.1 Å². The van der Waals surface area contributed by atoms with E-state index >= 15 is 0 Å². The first-order chi connectivity index (χ1) is 7.11. The highest BCUT2D eigenvalue weighted by molar-refractivity contribution is 5.75. The highest BCUT2D eigenvalue weighted by Gasteiger charge is 2.32. The van der Waals surface area contributed by atoms with Gasteiger partial charge in [0, 0.05) is 26.1 Å². The topological polar surface area (TPSA) is 52.6 Å². The van der Waals surface area contributed by atoms with Crippen LogP contribution in [0.4, 0.5) is 0 Å². The van der Waals surface area contributed by atoms with E-state index in [1.807, 2.05) is 18.7 Å². The standard InChI is InChI=1S/C11H22N2O2/c1-3-10(14)13-7-5-11(15,6-8-13)9-12-4-2/h12,15H,3-9H2,1-2H3. The Hall–Kier alpha value is -0.610. The van der Waals surface area contributed by atoms with Crippen LogP contribution < -0.4 is 5.32 Å². The maximum atomic E-state index is 11.4. The molecular formula is C11H22N2O2. The lowest BCUT2D eigenvalue weighted by Crippen LogP contribution is -2.51. The van der Waals surface area contributed by atoms with Gasteiger partial charge in [-0.05, 0) is 19.4 Å². The molecule has 1 saturated heterocycles. The molecule has 1 rings (SSSR count). The highest BCUT2D eigenvalue weighted by atomic mass is 16.3. The molecule has 0 aromatic rings. The highest BCUT2D eigenvalue weighted by Crippen LogP contribution is 2.21. The molecule has 0 aliphatic carbocycles. The quantitative estimate of drug-likeness (QED) is 0.710. The molecule has 0 aromatic carbocycles. The summed E-state index contributed by atoms with van der Waals surface area (Å²) in [5.41, 5.74) is -0.611. The van der Waals surface area contributed by atoms with Crippen molar-refractivity contribution in [3.05, 3.63) is 0 Å². The third kappa shape index (κ3) is 3.47. The first kappa shape index (κ1) is 12.5. The van der Waals surface area contributed by atoms with E-state index in [4.69, 9.17) is 0 Å². The molecule has 1 amide bonds. The van der Waals surface area contributed by atoms with Crippen molar-refractivity contribution < 1.29 is 9.90 Å². The van der Waals surface area contributed by atoms with E-state index in [-0.39, 0.29) is 5.91 Å². The van der Waals surface area contributed by atoms with E-state index in [0.29, 0.717) is 38.9 Å². The minimum Gasteiger partial charge on any atom is -0.388 e. The van der Waals surface area contributed by atoms with E-state index in [1.165, 1.54) is 0 Å². The van der Waals surface area contributed by atoms with Gasteiger partial charge in [0.15, 0.2) is 0 Å². The second kappa shape index (κ2) is 5.47. The number of amides is 1. The monoisotopic (exact) mass is 214 g/mol. The predicted octanol–water partition coefficient (Wildman–Crippen LogP) is 0.359. The summed E-state index contributed by atoms with van der Waals surface area (Å²) in [5.74, 6) is 0.195. The van der Waals surface area contributed by atoms with Gasteiger partial charge in [-0.1, -0.05) is 13.8 Å². The number of piperidine rings is 1. The Kier molecular flexibility index (Phi) is 4.54. The molecule has 15 heavy (non-hydrogen) atoms. The number of hydrogen-bond donors (Lipinski definition) is 2. The summed E-state index contributed by atoms with van der Waals surface area (Å²) >= 11 is 0. The van der Waals surface area contributed by atoms with Gasteiger partial charge in [-0.25, -0.2) is 0 Å². The first-order valence-corrected chi connectivity index (χ1v) is 5.82. The van der Waals surface area contributed by atoms with Crippen LogP contribution in [-0.4, -0.2) is 47.7 Å². The smallest absolute Gasteiger partial charge is 0.222 e. The van der Waals surface area contributed by atoms with Gasteiger partial charge in [-0.3, -0.25) is 4.79 Å². The summed E-state index contributed by atoms with van der Waals surface area (Å²) < 4.78 is 0. The number of rotatable bonds is 4. The molecular weight excluding hydrogens is 192 g/mol. The number of aliphatic hydroxyl groups is 1. The zero-order valence-electron chi connectivity index (χ0n) is 9.75. The lowest BCUT2D eigenvalue weighted by molar-refractivity contribution is -0.134. The molecule has 0 saturated carbocycles. The van der Waals surface area contributed by atoms with Crippen molar-refractivity contribution in [2.24, 2.45) is 0 Å². The molecule has 0 bridgehead atoms. The second-order valence-corrected chi connectivity index (χ2v) is 4.24. The third-order valence-corrected chi connectivity index (χ3v) is 3.05. The summed E-state index contributed by atoms with van der Waals surface area (Å²) in [4.78, 5) is 13.3. The summed E-state index contributed by atoms with van der Waals surface area (Å²) in [6.07, 6.45) is 1.93. The molecule has 0 aromatic heterocycles. The Balaban J connectivity index is 2.37. The molecule has 0 unspecified atom stereocenters. The number of likely N-dealkylation sites (tertiary alicyclic amines) is 1. The summed E-state index contributed by atoms with van der Waals surface area (Å²) in [6, 6.07) is 0. The number of carbonyl (C=O) groups is 1. The van der Waals surface area contributed by atoms with Gasteiger partial charge in [0.1, 0.15) is 0 Å². The lowest BCUT2D eigenvalue weighted by Gasteiger charge is -2.38. The van der Waals surface area contributed by atoms with Gasteiger partial charge < -0.3 is 15.3 Å². The van der Waals surface area contributed by atoms with E-state index in [0.717, 1.165) is 6.54 Å². The van der Waals surface area contributed by atoms with Gasteiger partial charge in [-0.15, -0.1) is 0 Å². The Morgan fingerprint density at radius 1 is 1.40 bits per heavy atom. The molecule has 0 spiro atoms. The average molecular weight is 214 g/mol. The zero-order chi connectivity index (χ0) is 11.3. The van der Waals surface area contributed by atoms with Crippen LogP contribution in [0, 0.1) is 0 Å². The largest absolute Gasteiger partial charge is 0.388 e. The fourth-order valence-corrected chi connectivity index (χ4v) is 1.93. The van der Waals surface area contributed by atoms with Crippen LogP contribution in [0.25, 0.3) is 0 Å². The number of hydrogen-bond acceptors (Lipinski definition) is 3. The van der Waals surface area contributed by atoms with Crippen LogP contribution in [-0.2, 0) is 4.79 Å². The molecule has 1 aliphatic heterocycles. The SMILES string of the molecule is CCNCC1(O)CCN(C(=O)CC)CC1. The molecule has 88 valence electrons. The van der Waals surface area contributed by atoms with Crippen molar-refractivity contribution in [1.82, 2.24) is 10.2 Å². The molecule has 0 atom stereocenters. The van der Waals surface area contributed by atoms with Crippen molar-refractivity contribution in [3.8, 4) is 0 Å². The lowest BCUT2D eigenvalue weighted by atomic mass is 9.91. The Morgan fingerprint density at radius 3 is 2.47 bits per heavy atom. The van der Waals surface area contributed by atoms with E-state index in [9.17, 15) is 9.90 Å². The van der Waals surface area contributed by atoms with Crippen LogP contribution in [0.15, 0.2) is 0 Å². The second-order valence-electron chi connectivity index (χ2n) is 4.24. The summed E-state index contributed by atoms with van der Waals surface area (Å²) in [6.45, 7) is 6.79. The Morgan fingerprint density at radius 2 is 2.00 bits per heavy atom. The molecule has 1 fully saturated rings. The molecule has 1 heterocycles. The minimum absolute atomic E-state index is 0.195. The maximum Gasteiger partial charge on any atom is 0.222 e. The molecule has 1 aliphatic rings. The van der Waals surface area contributed by atoms with Crippen LogP contribution >= 0.6 is 0 Å². The van der Waals surface area contributed by atoms with Crippen LogP contribution in [0.5, 0.6) is 0 Å².